The van der Waals surface area contributed by atoms with E-state index < -0.39 is 11.3 Å². The van der Waals surface area contributed by atoms with E-state index in [9.17, 15) is 13.6 Å². The number of rotatable bonds is 7. The summed E-state index contributed by atoms with van der Waals surface area (Å²) in [6, 6.07) is 14.1. The third kappa shape index (κ3) is 4.53. The molecule has 1 amide bonds. The molecule has 1 heterocycles. The van der Waals surface area contributed by atoms with E-state index in [-0.39, 0.29) is 5.91 Å². The molecule has 2 aromatic carbocycles. The van der Waals surface area contributed by atoms with E-state index in [1.807, 2.05) is 24.3 Å². The van der Waals surface area contributed by atoms with Crippen LogP contribution in [0.25, 0.3) is 10.1 Å². The molecule has 0 saturated heterocycles. The second kappa shape index (κ2) is 8.06. The number of hydrogen-bond acceptors (Lipinski definition) is 6. The summed E-state index contributed by atoms with van der Waals surface area (Å²) in [5.41, 5.74) is 0.864. The van der Waals surface area contributed by atoms with E-state index in [1.165, 1.54) is 23.7 Å². The van der Waals surface area contributed by atoms with Crippen LogP contribution in [0.4, 0.5) is 11.5 Å². The van der Waals surface area contributed by atoms with Gasteiger partial charge in [0.15, 0.2) is 0 Å². The molecule has 25 heavy (non-hydrogen) atoms. The van der Waals surface area contributed by atoms with Gasteiger partial charge in [0.1, 0.15) is 5.82 Å². The van der Waals surface area contributed by atoms with Crippen molar-refractivity contribution < 1.29 is 13.6 Å². The first-order valence-electron chi connectivity index (χ1n) is 7.46. The third-order valence-corrected chi connectivity index (χ3v) is 4.66. The first-order chi connectivity index (χ1) is 12.1. The van der Waals surface area contributed by atoms with Crippen LogP contribution in [-0.4, -0.2) is 32.1 Å². The number of fused-ring (bicyclic) bond motifs is 1. The van der Waals surface area contributed by atoms with E-state index in [0.717, 1.165) is 15.9 Å². The van der Waals surface area contributed by atoms with Crippen molar-refractivity contribution in [2.75, 3.05) is 23.1 Å². The molecule has 0 spiro atoms. The van der Waals surface area contributed by atoms with Crippen molar-refractivity contribution in [3.8, 4) is 0 Å². The van der Waals surface area contributed by atoms with Gasteiger partial charge >= 0.3 is 0 Å². The van der Waals surface area contributed by atoms with Crippen LogP contribution in [0.15, 0.2) is 48.5 Å². The van der Waals surface area contributed by atoms with Crippen molar-refractivity contribution in [3.63, 3.8) is 0 Å². The average molecular weight is 375 g/mol. The predicted octanol–water partition coefficient (Wildman–Crippen LogP) is 2.34. The van der Waals surface area contributed by atoms with E-state index >= 15 is 0 Å². The number of amides is 1. The summed E-state index contributed by atoms with van der Waals surface area (Å²) in [5.74, 6) is 0.593. The minimum atomic E-state index is -2.38. The number of nitrogens with one attached hydrogen (secondary N) is 3. The number of carbonyl (C=O) groups is 1. The van der Waals surface area contributed by atoms with Crippen LogP contribution in [0.3, 0.4) is 0 Å². The highest BCUT2D eigenvalue weighted by Crippen LogP contribution is 2.25. The Morgan fingerprint density at radius 2 is 1.88 bits per heavy atom. The first kappa shape index (κ1) is 17.3. The molecule has 9 heteroatoms. The molecular formula is C16H15N4O3S2-. The van der Waals surface area contributed by atoms with Gasteiger partial charge in [-0.1, -0.05) is 12.1 Å². The van der Waals surface area contributed by atoms with Crippen molar-refractivity contribution in [2.45, 2.75) is 0 Å². The normalized spacial score (nSPS) is 11.9. The topological polar surface area (TPSA) is 106 Å². The van der Waals surface area contributed by atoms with Gasteiger partial charge in [-0.15, -0.1) is 0 Å². The van der Waals surface area contributed by atoms with Crippen molar-refractivity contribution >= 4 is 50.3 Å². The number of benzene rings is 2. The summed E-state index contributed by atoms with van der Waals surface area (Å²) in [4.78, 5) is 12.1. The summed E-state index contributed by atoms with van der Waals surface area (Å²) in [7, 11) is 0. The molecule has 130 valence electrons. The fourth-order valence-corrected chi connectivity index (χ4v) is 3.34. The summed E-state index contributed by atoms with van der Waals surface area (Å²) in [6.07, 6.45) is 0. The summed E-state index contributed by atoms with van der Waals surface area (Å²) < 4.78 is 28.8. The fourth-order valence-electron chi connectivity index (χ4n) is 2.26. The van der Waals surface area contributed by atoms with Gasteiger partial charge in [-0.25, -0.2) is 0 Å². The molecule has 0 aliphatic heterocycles. The van der Waals surface area contributed by atoms with Gasteiger partial charge in [0.2, 0.25) is 0 Å². The Hall–Kier alpha value is -2.49. The molecule has 0 aliphatic carbocycles. The maximum atomic E-state index is 12.1. The molecule has 0 saturated carbocycles. The maximum absolute atomic E-state index is 12.1. The van der Waals surface area contributed by atoms with Gasteiger partial charge < -0.3 is 19.9 Å². The summed E-state index contributed by atoms with van der Waals surface area (Å²) >= 11 is -0.948. The number of anilines is 2. The van der Waals surface area contributed by atoms with Crippen molar-refractivity contribution in [3.05, 3.63) is 54.1 Å². The molecule has 1 atom stereocenters. The molecule has 0 radical (unpaired) electrons. The first-order valence-corrected chi connectivity index (χ1v) is 9.31. The zero-order valence-electron chi connectivity index (χ0n) is 13.0. The molecule has 3 aromatic rings. The molecular weight excluding hydrogens is 360 g/mol. The lowest BCUT2D eigenvalue weighted by Crippen LogP contribution is -2.28. The Morgan fingerprint density at radius 1 is 1.12 bits per heavy atom. The molecule has 7 nitrogen and oxygen atoms in total. The zero-order valence-corrected chi connectivity index (χ0v) is 14.7. The zero-order chi connectivity index (χ0) is 17.6. The second-order valence-corrected chi connectivity index (χ2v) is 6.60. The number of carbonyl (C=O) groups excluding carboxylic acids is 1. The van der Waals surface area contributed by atoms with Crippen molar-refractivity contribution in [1.29, 1.82) is 0 Å². The van der Waals surface area contributed by atoms with Crippen LogP contribution >= 0.6 is 11.5 Å². The van der Waals surface area contributed by atoms with Crippen LogP contribution in [0.5, 0.6) is 0 Å². The van der Waals surface area contributed by atoms with Crippen LogP contribution in [-0.2, 0) is 11.3 Å². The van der Waals surface area contributed by atoms with Crippen molar-refractivity contribution in [2.24, 2.45) is 0 Å². The van der Waals surface area contributed by atoms with Crippen LogP contribution < -0.4 is 15.4 Å². The Balaban J connectivity index is 1.48. The van der Waals surface area contributed by atoms with Gasteiger partial charge in [-0.3, -0.25) is 9.00 Å². The maximum Gasteiger partial charge on any atom is 0.251 e. The standard InChI is InChI=1S/C16H16N4O3S2/c21-16(11-5-7-12(8-6-11)20-25(22)23)18-10-9-17-15-13-3-1-2-4-14(13)24-19-15/h1-8,20H,9-10H2,(H,17,19)(H,18,21)(H,22,23)/p-1. The minimum Gasteiger partial charge on any atom is -0.755 e. The summed E-state index contributed by atoms with van der Waals surface area (Å²) in [5, 5.41) is 7.08. The van der Waals surface area contributed by atoms with Gasteiger partial charge in [0, 0.05) is 41.0 Å². The average Bonchev–Trinajstić information content (AvgIpc) is 3.02. The van der Waals surface area contributed by atoms with Crippen LogP contribution in [0.2, 0.25) is 0 Å². The molecule has 1 aromatic heterocycles. The number of aromatic nitrogens is 1. The number of hydrogen-bond donors (Lipinski definition) is 3. The van der Waals surface area contributed by atoms with Crippen LogP contribution in [0, 0.1) is 0 Å². The van der Waals surface area contributed by atoms with Crippen molar-refractivity contribution in [1.82, 2.24) is 9.69 Å². The second-order valence-electron chi connectivity index (χ2n) is 5.12. The smallest absolute Gasteiger partial charge is 0.251 e. The van der Waals surface area contributed by atoms with E-state index in [2.05, 4.69) is 19.7 Å². The largest absolute Gasteiger partial charge is 0.755 e. The Labute approximate surface area is 151 Å². The third-order valence-electron chi connectivity index (χ3n) is 3.43. The molecule has 1 unspecified atom stereocenters. The van der Waals surface area contributed by atoms with E-state index in [4.69, 9.17) is 0 Å². The Bertz CT molecular complexity index is 896. The highest BCUT2D eigenvalue weighted by molar-refractivity contribution is 7.80. The van der Waals surface area contributed by atoms with Crippen LogP contribution in [0.1, 0.15) is 10.4 Å². The predicted molar refractivity (Wildman–Crippen MR) is 99.4 cm³/mol. The van der Waals surface area contributed by atoms with E-state index in [0.29, 0.717) is 24.3 Å². The van der Waals surface area contributed by atoms with Gasteiger partial charge in [-0.05, 0) is 47.9 Å². The summed E-state index contributed by atoms with van der Waals surface area (Å²) in [6.45, 7) is 0.990. The quantitative estimate of drug-likeness (QED) is 0.434. The van der Waals surface area contributed by atoms with E-state index in [1.54, 1.807) is 12.1 Å². The molecule has 0 bridgehead atoms. The lowest BCUT2D eigenvalue weighted by Gasteiger charge is -2.09. The minimum absolute atomic E-state index is 0.222. The Kier molecular flexibility index (Phi) is 5.59. The van der Waals surface area contributed by atoms with Gasteiger partial charge in [0.05, 0.1) is 4.70 Å². The van der Waals surface area contributed by atoms with Gasteiger partial charge in [0.25, 0.3) is 5.91 Å². The lowest BCUT2D eigenvalue weighted by atomic mass is 10.2. The molecule has 3 rings (SSSR count). The molecule has 3 N–H and O–H groups in total. The monoisotopic (exact) mass is 375 g/mol. The Morgan fingerprint density at radius 3 is 2.64 bits per heavy atom. The molecule has 0 fully saturated rings. The fraction of sp³-hybridized carbons (Fsp3) is 0.125. The highest BCUT2D eigenvalue weighted by Gasteiger charge is 2.06. The van der Waals surface area contributed by atoms with Gasteiger partial charge in [-0.2, -0.15) is 4.37 Å². The molecule has 0 aliphatic rings. The SMILES string of the molecule is O=C(NCCNc1nsc2ccccc12)c1ccc(NS(=O)[O-])cc1. The lowest BCUT2D eigenvalue weighted by molar-refractivity contribution is 0.0955. The highest BCUT2D eigenvalue weighted by atomic mass is 32.2. The number of nitrogens with zero attached hydrogens (tertiary/aromatic N) is 1.